The SMILES string of the molecule is CCCC1(CNCCOCC(C)C)CC1. The molecule has 0 atom stereocenters. The van der Waals surface area contributed by atoms with Crippen molar-refractivity contribution in [3.63, 3.8) is 0 Å². The molecule has 0 radical (unpaired) electrons. The highest BCUT2D eigenvalue weighted by atomic mass is 16.5. The molecule has 0 unspecified atom stereocenters. The highest BCUT2D eigenvalue weighted by molar-refractivity contribution is 4.94. The minimum Gasteiger partial charge on any atom is -0.380 e. The van der Waals surface area contributed by atoms with Gasteiger partial charge in [0, 0.05) is 19.7 Å². The minimum absolute atomic E-state index is 0.653. The van der Waals surface area contributed by atoms with Crippen molar-refractivity contribution in [2.75, 3.05) is 26.3 Å². The van der Waals surface area contributed by atoms with Crippen LogP contribution in [0.5, 0.6) is 0 Å². The summed E-state index contributed by atoms with van der Waals surface area (Å²) >= 11 is 0. The van der Waals surface area contributed by atoms with E-state index in [0.717, 1.165) is 19.8 Å². The van der Waals surface area contributed by atoms with Gasteiger partial charge >= 0.3 is 0 Å². The van der Waals surface area contributed by atoms with Crippen molar-refractivity contribution < 1.29 is 4.74 Å². The van der Waals surface area contributed by atoms with Gasteiger partial charge in [0.15, 0.2) is 0 Å². The third kappa shape index (κ3) is 5.53. The topological polar surface area (TPSA) is 21.3 Å². The molecule has 0 aromatic heterocycles. The summed E-state index contributed by atoms with van der Waals surface area (Å²) in [5.41, 5.74) is 0.673. The van der Waals surface area contributed by atoms with E-state index in [-0.39, 0.29) is 0 Å². The van der Waals surface area contributed by atoms with Gasteiger partial charge in [0.2, 0.25) is 0 Å². The van der Waals surface area contributed by atoms with Crippen LogP contribution in [0.3, 0.4) is 0 Å². The molecule has 1 aliphatic carbocycles. The molecule has 2 nitrogen and oxygen atoms in total. The molecule has 2 heteroatoms. The fourth-order valence-corrected chi connectivity index (χ4v) is 2.04. The molecule has 90 valence electrons. The van der Waals surface area contributed by atoms with Crippen LogP contribution in [0.2, 0.25) is 0 Å². The molecule has 0 aromatic carbocycles. The molecule has 0 spiro atoms. The Bertz CT molecular complexity index is 164. The first-order valence-electron chi connectivity index (χ1n) is 6.47. The Kier molecular flexibility index (Phi) is 5.62. The average Bonchev–Trinajstić information content (AvgIpc) is 2.92. The van der Waals surface area contributed by atoms with E-state index in [0.29, 0.717) is 11.3 Å². The van der Waals surface area contributed by atoms with Gasteiger partial charge in [0.05, 0.1) is 6.61 Å². The van der Waals surface area contributed by atoms with Crippen LogP contribution < -0.4 is 5.32 Å². The Labute approximate surface area is 94.8 Å². The lowest BCUT2D eigenvalue weighted by molar-refractivity contribution is 0.111. The summed E-state index contributed by atoms with van der Waals surface area (Å²) in [6.07, 6.45) is 5.58. The van der Waals surface area contributed by atoms with Crippen LogP contribution in [0.1, 0.15) is 46.5 Å². The number of nitrogens with one attached hydrogen (secondary N) is 1. The molecule has 0 aromatic rings. The lowest BCUT2D eigenvalue weighted by atomic mass is 10.0. The highest BCUT2D eigenvalue weighted by Crippen LogP contribution is 2.48. The van der Waals surface area contributed by atoms with Gasteiger partial charge in [-0.3, -0.25) is 0 Å². The lowest BCUT2D eigenvalue weighted by Crippen LogP contribution is -2.27. The largest absolute Gasteiger partial charge is 0.380 e. The molecule has 0 aliphatic heterocycles. The van der Waals surface area contributed by atoms with E-state index in [2.05, 4.69) is 26.1 Å². The van der Waals surface area contributed by atoms with Gasteiger partial charge in [0.25, 0.3) is 0 Å². The molecule has 0 heterocycles. The van der Waals surface area contributed by atoms with E-state index in [1.54, 1.807) is 0 Å². The van der Waals surface area contributed by atoms with E-state index in [9.17, 15) is 0 Å². The van der Waals surface area contributed by atoms with Crippen LogP contribution in [0.15, 0.2) is 0 Å². The molecule has 0 amide bonds. The van der Waals surface area contributed by atoms with Crippen LogP contribution >= 0.6 is 0 Å². The van der Waals surface area contributed by atoms with Gasteiger partial charge in [-0.15, -0.1) is 0 Å². The van der Waals surface area contributed by atoms with E-state index in [4.69, 9.17) is 4.74 Å². The second-order valence-electron chi connectivity index (χ2n) is 5.40. The molecule has 15 heavy (non-hydrogen) atoms. The standard InChI is InChI=1S/C13H27NO/c1-4-5-13(6-7-13)11-14-8-9-15-10-12(2)3/h12,14H,4-11H2,1-3H3. The van der Waals surface area contributed by atoms with Crippen molar-refractivity contribution in [1.82, 2.24) is 5.32 Å². The van der Waals surface area contributed by atoms with E-state index in [1.807, 2.05) is 0 Å². The maximum atomic E-state index is 5.53. The maximum absolute atomic E-state index is 5.53. The number of rotatable bonds is 9. The fourth-order valence-electron chi connectivity index (χ4n) is 2.04. The van der Waals surface area contributed by atoms with Crippen LogP contribution in [0.4, 0.5) is 0 Å². The molecular formula is C13H27NO. The first-order chi connectivity index (χ1) is 7.18. The highest BCUT2D eigenvalue weighted by Gasteiger charge is 2.40. The first kappa shape index (κ1) is 13.0. The zero-order valence-corrected chi connectivity index (χ0v) is 10.6. The Hall–Kier alpha value is -0.0800. The quantitative estimate of drug-likeness (QED) is 0.595. The first-order valence-corrected chi connectivity index (χ1v) is 6.47. The summed E-state index contributed by atoms with van der Waals surface area (Å²) in [6.45, 7) is 10.6. The van der Waals surface area contributed by atoms with E-state index in [1.165, 1.54) is 32.2 Å². The minimum atomic E-state index is 0.653. The predicted octanol–water partition coefficient (Wildman–Crippen LogP) is 2.83. The van der Waals surface area contributed by atoms with Crippen molar-refractivity contribution in [2.24, 2.45) is 11.3 Å². The number of ether oxygens (including phenoxy) is 1. The summed E-state index contributed by atoms with van der Waals surface area (Å²) in [6, 6.07) is 0. The molecule has 0 bridgehead atoms. The summed E-state index contributed by atoms with van der Waals surface area (Å²) < 4.78 is 5.53. The molecule has 1 saturated carbocycles. The van der Waals surface area contributed by atoms with Gasteiger partial charge in [0.1, 0.15) is 0 Å². The predicted molar refractivity (Wildman–Crippen MR) is 65.1 cm³/mol. The summed E-state index contributed by atoms with van der Waals surface area (Å²) in [5.74, 6) is 0.653. The average molecular weight is 213 g/mol. The molecule has 1 N–H and O–H groups in total. The third-order valence-corrected chi connectivity index (χ3v) is 3.11. The van der Waals surface area contributed by atoms with Gasteiger partial charge < -0.3 is 10.1 Å². The van der Waals surface area contributed by atoms with Crippen LogP contribution in [-0.4, -0.2) is 26.3 Å². The van der Waals surface area contributed by atoms with Gasteiger partial charge in [-0.25, -0.2) is 0 Å². The summed E-state index contributed by atoms with van der Waals surface area (Å²) in [5, 5.41) is 3.52. The van der Waals surface area contributed by atoms with Gasteiger partial charge in [-0.05, 0) is 30.6 Å². The van der Waals surface area contributed by atoms with Crippen molar-refractivity contribution in [3.8, 4) is 0 Å². The Morgan fingerprint density at radius 2 is 2.07 bits per heavy atom. The van der Waals surface area contributed by atoms with Crippen molar-refractivity contribution in [1.29, 1.82) is 0 Å². The van der Waals surface area contributed by atoms with E-state index >= 15 is 0 Å². The molecular weight excluding hydrogens is 186 g/mol. The zero-order chi connectivity index (χ0) is 11.1. The van der Waals surface area contributed by atoms with Crippen molar-refractivity contribution in [3.05, 3.63) is 0 Å². The lowest BCUT2D eigenvalue weighted by Gasteiger charge is -2.15. The van der Waals surface area contributed by atoms with Gasteiger partial charge in [-0.2, -0.15) is 0 Å². The van der Waals surface area contributed by atoms with Crippen LogP contribution in [0.25, 0.3) is 0 Å². The normalized spacial score (nSPS) is 18.4. The Morgan fingerprint density at radius 3 is 2.60 bits per heavy atom. The fraction of sp³-hybridized carbons (Fsp3) is 1.00. The van der Waals surface area contributed by atoms with Crippen molar-refractivity contribution in [2.45, 2.75) is 46.5 Å². The second-order valence-corrected chi connectivity index (χ2v) is 5.40. The van der Waals surface area contributed by atoms with Crippen molar-refractivity contribution >= 4 is 0 Å². The Balaban J connectivity index is 1.89. The third-order valence-electron chi connectivity index (χ3n) is 3.11. The van der Waals surface area contributed by atoms with Crippen LogP contribution in [-0.2, 0) is 4.74 Å². The smallest absolute Gasteiger partial charge is 0.0591 e. The summed E-state index contributed by atoms with van der Waals surface area (Å²) in [7, 11) is 0. The van der Waals surface area contributed by atoms with Gasteiger partial charge in [-0.1, -0.05) is 27.2 Å². The molecule has 1 rings (SSSR count). The second kappa shape index (κ2) is 6.49. The maximum Gasteiger partial charge on any atom is 0.0591 e. The zero-order valence-electron chi connectivity index (χ0n) is 10.6. The van der Waals surface area contributed by atoms with E-state index < -0.39 is 0 Å². The molecule has 0 saturated heterocycles. The Morgan fingerprint density at radius 1 is 1.33 bits per heavy atom. The summed E-state index contributed by atoms with van der Waals surface area (Å²) in [4.78, 5) is 0. The van der Waals surface area contributed by atoms with Crippen LogP contribution in [0, 0.1) is 11.3 Å². The number of hydrogen-bond acceptors (Lipinski definition) is 2. The monoisotopic (exact) mass is 213 g/mol. The molecule has 1 aliphatic rings. The number of hydrogen-bond donors (Lipinski definition) is 1. The molecule has 1 fully saturated rings.